The van der Waals surface area contributed by atoms with Gasteiger partial charge in [-0.1, -0.05) is 37.1 Å². The third kappa shape index (κ3) is 7.28. The molecule has 4 heterocycles. The van der Waals surface area contributed by atoms with Crippen molar-refractivity contribution >= 4 is 56.0 Å². The summed E-state index contributed by atoms with van der Waals surface area (Å²) in [7, 11) is -4.05. The fourth-order valence-corrected chi connectivity index (χ4v) is 8.71. The van der Waals surface area contributed by atoms with Gasteiger partial charge in [0.25, 0.3) is 11.8 Å². The second-order valence-corrected chi connectivity index (χ2v) is 17.2. The van der Waals surface area contributed by atoms with Crippen molar-refractivity contribution in [3.63, 3.8) is 0 Å². The molecule has 3 aromatic rings. The van der Waals surface area contributed by atoms with Crippen LogP contribution in [0.2, 0.25) is 0 Å². The van der Waals surface area contributed by atoms with Crippen LogP contribution in [0, 0.1) is 18.7 Å². The summed E-state index contributed by atoms with van der Waals surface area (Å²) < 4.78 is 47.8. The van der Waals surface area contributed by atoms with Crippen LogP contribution in [0.15, 0.2) is 53.4 Å². The molecule has 2 aliphatic carbocycles. The molecule has 4 aliphatic rings. The van der Waals surface area contributed by atoms with Crippen LogP contribution in [-0.4, -0.2) is 86.9 Å². The number of halogens is 1. The van der Waals surface area contributed by atoms with E-state index in [4.69, 9.17) is 4.74 Å². The smallest absolute Gasteiger partial charge is 0.271 e. The van der Waals surface area contributed by atoms with Crippen molar-refractivity contribution in [2.75, 3.05) is 6.54 Å². The van der Waals surface area contributed by atoms with Crippen molar-refractivity contribution in [2.24, 2.45) is 5.92 Å². The third-order valence-electron chi connectivity index (χ3n) is 10.5. The number of thiazole rings is 1. The predicted molar refractivity (Wildman–Crippen MR) is 193 cm³/mol. The lowest BCUT2D eigenvalue weighted by atomic mass is 9.73. The van der Waals surface area contributed by atoms with Crippen molar-refractivity contribution in [1.82, 2.24) is 35.2 Å². The molecule has 7 rings (SSSR count). The van der Waals surface area contributed by atoms with Crippen LogP contribution in [0.1, 0.15) is 74.5 Å². The van der Waals surface area contributed by atoms with Gasteiger partial charge in [0, 0.05) is 23.8 Å². The second-order valence-electron chi connectivity index (χ2n) is 14.3. The molecule has 3 N–H and O–H groups in total. The molecular formula is C36H40FN7O7S2. The maximum Gasteiger partial charge on any atom is 0.271 e. The van der Waals surface area contributed by atoms with Crippen LogP contribution < -0.4 is 20.1 Å². The topological polar surface area (TPSA) is 190 Å². The van der Waals surface area contributed by atoms with Gasteiger partial charge in [-0.15, -0.1) is 11.3 Å². The van der Waals surface area contributed by atoms with Crippen LogP contribution >= 0.6 is 11.3 Å². The zero-order chi connectivity index (χ0) is 37.5. The van der Waals surface area contributed by atoms with Gasteiger partial charge in [0.2, 0.25) is 27.7 Å². The lowest BCUT2D eigenvalue weighted by Crippen LogP contribution is -2.67. The van der Waals surface area contributed by atoms with Gasteiger partial charge in [-0.05, 0) is 58.1 Å². The minimum atomic E-state index is -4.05. The number of allylic oxidation sites excluding steroid dienone is 1. The largest absolute Gasteiger partial charge is 0.471 e. The second kappa shape index (κ2) is 14.2. The zero-order valence-corrected chi connectivity index (χ0v) is 30.8. The van der Waals surface area contributed by atoms with Gasteiger partial charge in [0.1, 0.15) is 40.9 Å². The van der Waals surface area contributed by atoms with E-state index in [0.29, 0.717) is 43.3 Å². The number of sulfonamides is 1. The first-order valence-corrected chi connectivity index (χ1v) is 20.1. The van der Waals surface area contributed by atoms with E-state index in [1.165, 1.54) is 46.0 Å². The standard InChI is InChI=1S/C36H40FN7O7S2/c1-21-32(41-27-16-23(37)10-11-25(27)39-21)51-24-17-29-31(46)42-36(34(48)43-53(49,50)35(2)14-15-35)13-12-22(36)8-6-4-3-5-7-9-26(33(47)44(29)18-24)40-30(45)28-19-52-20-38-28/h6,8,10-13,16,19-20,22,24,26,29H,3-5,7,9,14-15,17-18H2,1-2H3,(H,40,45)(H,42,46)(H,43,48). The van der Waals surface area contributed by atoms with Gasteiger partial charge in [0.05, 0.1) is 27.8 Å². The highest BCUT2D eigenvalue weighted by Gasteiger charge is 2.56. The molecule has 0 radical (unpaired) electrons. The molecule has 17 heteroatoms. The maximum absolute atomic E-state index is 14.5. The first-order chi connectivity index (χ1) is 25.3. The number of aromatic nitrogens is 3. The Labute approximate surface area is 309 Å². The Morgan fingerprint density at radius 1 is 1.11 bits per heavy atom. The van der Waals surface area contributed by atoms with E-state index in [-0.39, 0.29) is 30.1 Å². The molecule has 0 spiro atoms. The van der Waals surface area contributed by atoms with Gasteiger partial charge >= 0.3 is 0 Å². The molecule has 1 saturated heterocycles. The molecule has 2 aromatic heterocycles. The van der Waals surface area contributed by atoms with Gasteiger partial charge in [-0.25, -0.2) is 27.8 Å². The average Bonchev–Trinajstić information content (AvgIpc) is 3.47. The number of nitrogens with zero attached hydrogens (tertiary/aromatic N) is 4. The van der Waals surface area contributed by atoms with Gasteiger partial charge in [-0.3, -0.25) is 23.9 Å². The Kier molecular flexibility index (Phi) is 9.82. The normalized spacial score (nSPS) is 27.0. The summed E-state index contributed by atoms with van der Waals surface area (Å²) in [5, 5.41) is 7.21. The van der Waals surface area contributed by atoms with E-state index in [9.17, 15) is 32.0 Å². The number of amides is 4. The average molecular weight is 766 g/mol. The minimum Gasteiger partial charge on any atom is -0.471 e. The van der Waals surface area contributed by atoms with Gasteiger partial charge < -0.3 is 20.3 Å². The number of carbonyl (C=O) groups excluding carboxylic acids is 4. The lowest BCUT2D eigenvalue weighted by Gasteiger charge is -2.42. The molecule has 53 heavy (non-hydrogen) atoms. The fourth-order valence-electron chi connectivity index (χ4n) is 6.87. The van der Waals surface area contributed by atoms with E-state index in [1.807, 2.05) is 6.08 Å². The number of carbonyl (C=O) groups is 4. The summed E-state index contributed by atoms with van der Waals surface area (Å²) >= 11 is 1.24. The number of hydrogen-bond donors (Lipinski definition) is 3. The molecule has 4 amide bonds. The summed E-state index contributed by atoms with van der Waals surface area (Å²) in [6, 6.07) is 1.80. The van der Waals surface area contributed by atoms with Gasteiger partial charge in [-0.2, -0.15) is 0 Å². The highest BCUT2D eigenvalue weighted by atomic mass is 32.2. The first-order valence-electron chi connectivity index (χ1n) is 17.6. The Morgan fingerprint density at radius 3 is 2.64 bits per heavy atom. The molecule has 1 saturated carbocycles. The zero-order valence-electron chi connectivity index (χ0n) is 29.2. The predicted octanol–water partition coefficient (Wildman–Crippen LogP) is 3.24. The van der Waals surface area contributed by atoms with E-state index < -0.39 is 73.9 Å². The van der Waals surface area contributed by atoms with Crippen LogP contribution in [0.5, 0.6) is 5.88 Å². The van der Waals surface area contributed by atoms with Crippen LogP contribution in [0.4, 0.5) is 4.39 Å². The number of hydrogen-bond acceptors (Lipinski definition) is 11. The van der Waals surface area contributed by atoms with Crippen molar-refractivity contribution in [3.05, 3.63) is 70.6 Å². The monoisotopic (exact) mass is 765 g/mol. The Bertz CT molecular complexity index is 2120. The van der Waals surface area contributed by atoms with E-state index >= 15 is 0 Å². The minimum absolute atomic E-state index is 0.0368. The van der Waals surface area contributed by atoms with E-state index in [1.54, 1.807) is 31.4 Å². The summed E-state index contributed by atoms with van der Waals surface area (Å²) in [5.74, 6) is -3.73. The summed E-state index contributed by atoms with van der Waals surface area (Å²) in [4.78, 5) is 70.4. The molecule has 280 valence electrons. The van der Waals surface area contributed by atoms with Crippen molar-refractivity contribution in [2.45, 2.75) is 93.7 Å². The SMILES string of the molecule is Cc1nc2ccc(F)cc2nc1OC1CC2C(=O)NC3(C(=O)NS(=O)(=O)C4(C)CC4)C=CC3C=CCCCCCC(NC(=O)c3cscn3)C(=O)N2C1. The maximum atomic E-state index is 14.5. The first kappa shape index (κ1) is 36.6. The number of nitrogens with one attached hydrogen (secondary N) is 3. The van der Waals surface area contributed by atoms with Gasteiger partial charge in [0.15, 0.2) is 0 Å². The van der Waals surface area contributed by atoms with Crippen molar-refractivity contribution in [1.29, 1.82) is 0 Å². The highest BCUT2D eigenvalue weighted by molar-refractivity contribution is 7.91. The summed E-state index contributed by atoms with van der Waals surface area (Å²) in [5.41, 5.74) is 1.06. The number of fused-ring (bicyclic) bond motifs is 3. The highest BCUT2D eigenvalue weighted by Crippen LogP contribution is 2.43. The summed E-state index contributed by atoms with van der Waals surface area (Å²) in [6.07, 6.45) is 9.88. The number of rotatable bonds is 7. The van der Waals surface area contributed by atoms with Crippen LogP contribution in [0.25, 0.3) is 11.0 Å². The van der Waals surface area contributed by atoms with Crippen molar-refractivity contribution < 1.29 is 36.7 Å². The molecular weight excluding hydrogens is 726 g/mol. The lowest BCUT2D eigenvalue weighted by molar-refractivity contribution is -0.142. The molecule has 2 fully saturated rings. The summed E-state index contributed by atoms with van der Waals surface area (Å²) in [6.45, 7) is 3.15. The third-order valence-corrected chi connectivity index (χ3v) is 13.2. The van der Waals surface area contributed by atoms with E-state index in [0.717, 1.165) is 12.8 Å². The van der Waals surface area contributed by atoms with Crippen molar-refractivity contribution in [3.8, 4) is 5.88 Å². The number of ether oxygens (including phenoxy) is 1. The molecule has 2 aliphatic heterocycles. The molecule has 1 aromatic carbocycles. The Morgan fingerprint density at radius 2 is 1.92 bits per heavy atom. The number of aryl methyl sites for hydroxylation is 1. The molecule has 14 nitrogen and oxygen atoms in total. The van der Waals surface area contributed by atoms with Crippen LogP contribution in [0.3, 0.4) is 0 Å². The fraction of sp³-hybridized carbons (Fsp3) is 0.472. The van der Waals surface area contributed by atoms with Crippen LogP contribution in [-0.2, 0) is 24.4 Å². The molecule has 5 atom stereocenters. The Balaban J connectivity index is 1.21. The van der Waals surface area contributed by atoms with E-state index in [2.05, 4.69) is 30.3 Å². The molecule has 0 bridgehead atoms. The quantitative estimate of drug-likeness (QED) is 0.301. The number of benzene rings is 1. The Hall–Kier alpha value is -4.77. The molecule has 5 unspecified atom stereocenters.